The van der Waals surface area contributed by atoms with Crippen LogP contribution in [-0.4, -0.2) is 24.1 Å². The molecule has 0 radical (unpaired) electrons. The van der Waals surface area contributed by atoms with Gasteiger partial charge >= 0.3 is 5.97 Å². The maximum atomic E-state index is 12.9. The molecule has 0 aliphatic heterocycles. The van der Waals surface area contributed by atoms with Gasteiger partial charge in [-0.2, -0.15) is 0 Å². The Kier molecular flexibility index (Phi) is 2.01. The second-order valence-electron chi connectivity index (χ2n) is 7.47. The van der Waals surface area contributed by atoms with Crippen LogP contribution >= 0.6 is 0 Å². The number of carbonyl (C=O) groups excluding carboxylic acids is 3. The van der Waals surface area contributed by atoms with Gasteiger partial charge in [0.05, 0.1) is 0 Å². The SMILES string of the molecule is CC(=O)OC/C=C/CC12C(=O)C3C4CC5C(C4=O)C1C2C53. The van der Waals surface area contributed by atoms with Gasteiger partial charge in [-0.25, -0.2) is 0 Å². The largest absolute Gasteiger partial charge is 0.462 e. The molecule has 4 heteroatoms. The lowest BCUT2D eigenvalue weighted by molar-refractivity contribution is -0.139. The van der Waals surface area contributed by atoms with Crippen LogP contribution in [0.25, 0.3) is 0 Å². The van der Waals surface area contributed by atoms with Crippen molar-refractivity contribution in [3.8, 4) is 0 Å². The van der Waals surface area contributed by atoms with Crippen molar-refractivity contribution in [2.75, 3.05) is 6.61 Å². The fourth-order valence-corrected chi connectivity index (χ4v) is 6.71. The summed E-state index contributed by atoms with van der Waals surface area (Å²) in [5.74, 6) is 2.73. The summed E-state index contributed by atoms with van der Waals surface area (Å²) in [6, 6.07) is 0. The van der Waals surface area contributed by atoms with E-state index in [1.165, 1.54) is 6.92 Å². The lowest BCUT2D eigenvalue weighted by atomic mass is 9.79. The van der Waals surface area contributed by atoms with Crippen LogP contribution in [0, 0.1) is 46.8 Å². The Morgan fingerprint density at radius 3 is 2.86 bits per heavy atom. The molecule has 0 N–H and O–H groups in total. The minimum Gasteiger partial charge on any atom is -0.462 e. The first-order valence-electron chi connectivity index (χ1n) is 7.95. The van der Waals surface area contributed by atoms with Crippen molar-refractivity contribution in [1.29, 1.82) is 0 Å². The second kappa shape index (κ2) is 3.47. The highest BCUT2D eigenvalue weighted by Crippen LogP contribution is 2.87. The fraction of sp³-hybridized carbons (Fsp3) is 0.706. The van der Waals surface area contributed by atoms with Crippen LogP contribution < -0.4 is 0 Å². The van der Waals surface area contributed by atoms with E-state index in [-0.39, 0.29) is 35.7 Å². The van der Waals surface area contributed by atoms with Crippen LogP contribution in [0.5, 0.6) is 0 Å². The lowest BCUT2D eigenvalue weighted by Crippen LogP contribution is -2.30. The van der Waals surface area contributed by atoms with Crippen molar-refractivity contribution in [2.24, 2.45) is 46.8 Å². The number of hydrogen-bond acceptors (Lipinski definition) is 4. The van der Waals surface area contributed by atoms with E-state index in [0.29, 0.717) is 35.2 Å². The van der Waals surface area contributed by atoms with Crippen LogP contribution in [0.2, 0.25) is 0 Å². The molecule has 0 saturated heterocycles. The number of carbonyl (C=O) groups is 3. The zero-order valence-electron chi connectivity index (χ0n) is 12.0. The monoisotopic (exact) mass is 286 g/mol. The molecule has 0 heterocycles. The molecule has 5 fully saturated rings. The van der Waals surface area contributed by atoms with Crippen molar-refractivity contribution in [2.45, 2.75) is 19.8 Å². The van der Waals surface area contributed by atoms with E-state index in [9.17, 15) is 14.4 Å². The zero-order valence-corrected chi connectivity index (χ0v) is 12.0. The summed E-state index contributed by atoms with van der Waals surface area (Å²) >= 11 is 0. The Labute approximate surface area is 122 Å². The molecule has 0 amide bonds. The van der Waals surface area contributed by atoms with E-state index in [1.54, 1.807) is 0 Å². The molecule has 5 aliphatic rings. The number of esters is 1. The lowest BCUT2D eigenvalue weighted by Gasteiger charge is -2.22. The smallest absolute Gasteiger partial charge is 0.302 e. The van der Waals surface area contributed by atoms with Gasteiger partial charge in [0.1, 0.15) is 18.2 Å². The minimum atomic E-state index is -0.290. The highest BCUT2D eigenvalue weighted by molar-refractivity contribution is 6.06. The Balaban J connectivity index is 1.38. The first kappa shape index (κ1) is 12.1. The first-order valence-corrected chi connectivity index (χ1v) is 7.95. The molecule has 0 spiro atoms. The van der Waals surface area contributed by atoms with Gasteiger partial charge in [0.2, 0.25) is 0 Å². The third-order valence-electron chi connectivity index (χ3n) is 7.06. The molecule has 4 nitrogen and oxygen atoms in total. The number of allylic oxidation sites excluding steroid dienone is 1. The number of hydrogen-bond donors (Lipinski definition) is 0. The second-order valence-corrected chi connectivity index (χ2v) is 7.47. The molecule has 0 aromatic rings. The molecular weight excluding hydrogens is 268 g/mol. The van der Waals surface area contributed by atoms with Crippen LogP contribution in [0.1, 0.15) is 19.8 Å². The molecule has 5 rings (SSSR count). The molecule has 0 aromatic heterocycles. The highest BCUT2D eigenvalue weighted by atomic mass is 16.5. The molecule has 110 valence electrons. The molecule has 2 bridgehead atoms. The van der Waals surface area contributed by atoms with Gasteiger partial charge in [-0.3, -0.25) is 14.4 Å². The van der Waals surface area contributed by atoms with Gasteiger partial charge in [-0.05, 0) is 36.5 Å². The average molecular weight is 286 g/mol. The Morgan fingerprint density at radius 1 is 1.29 bits per heavy atom. The van der Waals surface area contributed by atoms with Gasteiger partial charge in [-0.15, -0.1) is 0 Å². The van der Waals surface area contributed by atoms with E-state index in [1.807, 2.05) is 12.2 Å². The third kappa shape index (κ3) is 1.11. The third-order valence-corrected chi connectivity index (χ3v) is 7.06. The van der Waals surface area contributed by atoms with Gasteiger partial charge in [0, 0.05) is 30.1 Å². The molecular formula is C17H18O4. The summed E-state index contributed by atoms with van der Waals surface area (Å²) in [5, 5.41) is 0. The Morgan fingerprint density at radius 2 is 2.10 bits per heavy atom. The predicted octanol–water partition coefficient (Wildman–Crippen LogP) is 1.39. The summed E-state index contributed by atoms with van der Waals surface area (Å²) in [6.07, 6.45) is 5.54. The van der Waals surface area contributed by atoms with Gasteiger partial charge in [0.25, 0.3) is 0 Å². The van der Waals surface area contributed by atoms with Crippen molar-refractivity contribution in [1.82, 2.24) is 0 Å². The number of ether oxygens (including phenoxy) is 1. The predicted molar refractivity (Wildman–Crippen MR) is 71.9 cm³/mol. The van der Waals surface area contributed by atoms with Crippen LogP contribution in [0.4, 0.5) is 0 Å². The van der Waals surface area contributed by atoms with E-state index < -0.39 is 0 Å². The van der Waals surface area contributed by atoms with Crippen molar-refractivity contribution in [3.05, 3.63) is 12.2 Å². The maximum absolute atomic E-state index is 12.9. The van der Waals surface area contributed by atoms with Crippen LogP contribution in [0.3, 0.4) is 0 Å². The standard InChI is InChI=1S/C17H18O4/c1-7(18)21-5-3-2-4-17-13-10-8-6-9(11(10)16(17)20)15(19)12(8)14(13)17/h2-3,8-14H,4-6H2,1H3/b3-2+. The van der Waals surface area contributed by atoms with Crippen molar-refractivity contribution in [3.63, 3.8) is 0 Å². The summed E-state index contributed by atoms with van der Waals surface area (Å²) in [4.78, 5) is 36.0. The summed E-state index contributed by atoms with van der Waals surface area (Å²) < 4.78 is 4.87. The number of Topliss-reactive ketones (excluding diaryl/α,β-unsaturated/α-hetero) is 2. The Bertz CT molecular complexity index is 620. The Hall–Kier alpha value is -1.45. The quantitative estimate of drug-likeness (QED) is 0.579. The summed E-state index contributed by atoms with van der Waals surface area (Å²) in [6.45, 7) is 1.66. The normalized spacial score (nSPS) is 54.0. The summed E-state index contributed by atoms with van der Waals surface area (Å²) in [7, 11) is 0. The van der Waals surface area contributed by atoms with Crippen LogP contribution in [-0.2, 0) is 19.1 Å². The molecule has 8 atom stereocenters. The van der Waals surface area contributed by atoms with Crippen LogP contribution in [0.15, 0.2) is 12.2 Å². The zero-order chi connectivity index (χ0) is 14.5. The average Bonchev–Trinajstić information content (AvgIpc) is 2.73. The molecule has 5 saturated carbocycles. The molecule has 21 heavy (non-hydrogen) atoms. The minimum absolute atomic E-state index is 0.0596. The maximum Gasteiger partial charge on any atom is 0.302 e. The number of fused-ring (bicyclic) bond motifs is 4. The first-order chi connectivity index (χ1) is 10.1. The van der Waals surface area contributed by atoms with E-state index in [2.05, 4.69) is 0 Å². The number of rotatable bonds is 4. The highest BCUT2D eigenvalue weighted by Gasteiger charge is 2.91. The summed E-state index contributed by atoms with van der Waals surface area (Å²) in [5.41, 5.74) is -0.214. The van der Waals surface area contributed by atoms with E-state index >= 15 is 0 Å². The molecule has 5 aliphatic carbocycles. The van der Waals surface area contributed by atoms with E-state index in [0.717, 1.165) is 12.8 Å². The van der Waals surface area contributed by atoms with E-state index in [4.69, 9.17) is 4.74 Å². The number of ketones is 2. The molecule has 8 unspecified atom stereocenters. The van der Waals surface area contributed by atoms with Gasteiger partial charge in [-0.1, -0.05) is 12.2 Å². The van der Waals surface area contributed by atoms with Gasteiger partial charge < -0.3 is 4.74 Å². The fourth-order valence-electron chi connectivity index (χ4n) is 6.71. The van der Waals surface area contributed by atoms with Crippen molar-refractivity contribution < 1.29 is 19.1 Å². The topological polar surface area (TPSA) is 60.4 Å². The molecule has 0 aromatic carbocycles. The van der Waals surface area contributed by atoms with Crippen molar-refractivity contribution >= 4 is 17.5 Å². The van der Waals surface area contributed by atoms with Gasteiger partial charge in [0.15, 0.2) is 0 Å².